The van der Waals surface area contributed by atoms with E-state index in [0.717, 1.165) is 0 Å². The minimum Gasteiger partial charge on any atom is -0.504 e. The monoisotopic (exact) mass is 195 g/mol. The van der Waals surface area contributed by atoms with Gasteiger partial charge < -0.3 is 15.6 Å². The van der Waals surface area contributed by atoms with E-state index in [0.29, 0.717) is 5.56 Å². The first kappa shape index (κ1) is 10.5. The summed E-state index contributed by atoms with van der Waals surface area (Å²) in [4.78, 5) is 11.5. The molecule has 1 aromatic rings. The van der Waals surface area contributed by atoms with Crippen LogP contribution in [0.15, 0.2) is 18.2 Å². The number of phenolic OH excluding ortho intramolecular Hbond substituents is 1. The molecule has 1 rings (SSSR count). The molecule has 0 saturated carbocycles. The highest BCUT2D eigenvalue weighted by atomic mass is 16.5. The van der Waals surface area contributed by atoms with Crippen molar-refractivity contribution in [2.24, 2.45) is 5.73 Å². The number of methoxy groups -OCH3 is 1. The average Bonchev–Trinajstić information content (AvgIpc) is 2.17. The summed E-state index contributed by atoms with van der Waals surface area (Å²) in [6, 6.07) is 3.85. The topological polar surface area (TPSA) is 72.5 Å². The largest absolute Gasteiger partial charge is 0.504 e. The van der Waals surface area contributed by atoms with Crippen molar-refractivity contribution in [2.75, 3.05) is 7.11 Å². The molecule has 0 aliphatic heterocycles. The van der Waals surface area contributed by atoms with E-state index in [9.17, 15) is 9.90 Å². The van der Waals surface area contributed by atoms with Gasteiger partial charge in [0, 0.05) is 5.56 Å². The highest BCUT2D eigenvalue weighted by Gasteiger charge is 2.12. The fourth-order valence-electron chi connectivity index (χ4n) is 1.09. The molecule has 3 N–H and O–H groups in total. The Morgan fingerprint density at radius 2 is 2.21 bits per heavy atom. The smallest absolute Gasteiger partial charge is 0.179 e. The quantitative estimate of drug-likeness (QED) is 0.704. The van der Waals surface area contributed by atoms with Crippen LogP contribution in [-0.2, 0) is 0 Å². The minimum absolute atomic E-state index is 0.00808. The molecule has 0 heterocycles. The maximum atomic E-state index is 11.5. The molecular formula is C10H13NO3. The van der Waals surface area contributed by atoms with Gasteiger partial charge in [-0.3, -0.25) is 4.79 Å². The predicted molar refractivity (Wildman–Crippen MR) is 52.6 cm³/mol. The maximum Gasteiger partial charge on any atom is 0.179 e. The number of benzene rings is 1. The van der Waals surface area contributed by atoms with Gasteiger partial charge in [0.1, 0.15) is 0 Å². The fraction of sp³-hybridized carbons (Fsp3) is 0.300. The van der Waals surface area contributed by atoms with Crippen LogP contribution < -0.4 is 10.5 Å². The van der Waals surface area contributed by atoms with Crippen LogP contribution in [-0.4, -0.2) is 24.0 Å². The molecule has 0 aliphatic rings. The third-order valence-corrected chi connectivity index (χ3v) is 1.88. The van der Waals surface area contributed by atoms with Crippen LogP contribution >= 0.6 is 0 Å². The van der Waals surface area contributed by atoms with E-state index < -0.39 is 6.04 Å². The minimum atomic E-state index is -0.552. The molecule has 0 amide bonds. The number of nitrogens with two attached hydrogens (primary N) is 1. The predicted octanol–water partition coefficient (Wildman–Crippen LogP) is 0.931. The third-order valence-electron chi connectivity index (χ3n) is 1.88. The third kappa shape index (κ3) is 2.03. The molecule has 0 bridgehead atoms. The van der Waals surface area contributed by atoms with E-state index in [1.54, 1.807) is 6.92 Å². The standard InChI is InChI=1S/C10H13NO3/c1-6(11)10(13)7-3-4-8(12)9(5-7)14-2/h3-6,12H,11H2,1-2H3. The van der Waals surface area contributed by atoms with Crippen LogP contribution in [0.4, 0.5) is 0 Å². The SMILES string of the molecule is COc1cc(C(=O)C(C)N)ccc1O. The zero-order valence-electron chi connectivity index (χ0n) is 8.15. The molecule has 76 valence electrons. The highest BCUT2D eigenvalue weighted by molar-refractivity contribution is 6.00. The first-order valence-electron chi connectivity index (χ1n) is 4.23. The van der Waals surface area contributed by atoms with E-state index in [2.05, 4.69) is 0 Å². The van der Waals surface area contributed by atoms with Gasteiger partial charge >= 0.3 is 0 Å². The van der Waals surface area contributed by atoms with Crippen molar-refractivity contribution < 1.29 is 14.6 Å². The summed E-state index contributed by atoms with van der Waals surface area (Å²) in [5.41, 5.74) is 5.88. The summed E-state index contributed by atoms with van der Waals surface area (Å²) >= 11 is 0. The molecule has 1 unspecified atom stereocenters. The van der Waals surface area contributed by atoms with Gasteiger partial charge in [-0.2, -0.15) is 0 Å². The summed E-state index contributed by atoms with van der Waals surface area (Å²) in [5, 5.41) is 9.29. The Kier molecular flexibility index (Phi) is 3.09. The number of rotatable bonds is 3. The van der Waals surface area contributed by atoms with Gasteiger partial charge in [-0.1, -0.05) is 0 Å². The number of aromatic hydroxyl groups is 1. The zero-order valence-corrected chi connectivity index (χ0v) is 8.15. The van der Waals surface area contributed by atoms with E-state index in [1.165, 1.54) is 25.3 Å². The van der Waals surface area contributed by atoms with E-state index >= 15 is 0 Å². The number of phenols is 1. The van der Waals surface area contributed by atoms with Crippen molar-refractivity contribution in [1.82, 2.24) is 0 Å². The molecule has 0 aliphatic carbocycles. The van der Waals surface area contributed by atoms with Crippen molar-refractivity contribution >= 4 is 5.78 Å². The molecule has 0 saturated heterocycles. The van der Waals surface area contributed by atoms with E-state index in [4.69, 9.17) is 10.5 Å². The number of ether oxygens (including phenoxy) is 1. The summed E-state index contributed by atoms with van der Waals surface area (Å²) in [6.45, 7) is 1.61. The number of hydrogen-bond acceptors (Lipinski definition) is 4. The molecular weight excluding hydrogens is 182 g/mol. The van der Waals surface area contributed by atoms with Crippen LogP contribution in [0.2, 0.25) is 0 Å². The van der Waals surface area contributed by atoms with E-state index in [1.807, 2.05) is 0 Å². The lowest BCUT2D eigenvalue weighted by atomic mass is 10.1. The van der Waals surface area contributed by atoms with Gasteiger partial charge in [-0.25, -0.2) is 0 Å². The molecule has 14 heavy (non-hydrogen) atoms. The van der Waals surface area contributed by atoms with Gasteiger partial charge in [0.25, 0.3) is 0 Å². The number of carbonyl (C=O) groups excluding carboxylic acids is 1. The normalized spacial score (nSPS) is 12.2. The molecule has 1 aromatic carbocycles. The van der Waals surface area contributed by atoms with E-state index in [-0.39, 0.29) is 17.3 Å². The van der Waals surface area contributed by atoms with Crippen molar-refractivity contribution in [1.29, 1.82) is 0 Å². The first-order valence-corrected chi connectivity index (χ1v) is 4.23. The summed E-state index contributed by atoms with van der Waals surface area (Å²) in [7, 11) is 1.43. The maximum absolute atomic E-state index is 11.5. The molecule has 4 heteroatoms. The second-order valence-electron chi connectivity index (χ2n) is 3.04. The van der Waals surface area contributed by atoms with Crippen LogP contribution in [0, 0.1) is 0 Å². The molecule has 4 nitrogen and oxygen atoms in total. The number of hydrogen-bond donors (Lipinski definition) is 2. The van der Waals surface area contributed by atoms with Crippen molar-refractivity contribution in [3.63, 3.8) is 0 Å². The average molecular weight is 195 g/mol. The van der Waals surface area contributed by atoms with Gasteiger partial charge in [-0.05, 0) is 25.1 Å². The first-order chi connectivity index (χ1) is 6.56. The van der Waals surface area contributed by atoms with Crippen molar-refractivity contribution in [3.8, 4) is 11.5 Å². The lowest BCUT2D eigenvalue weighted by Gasteiger charge is -2.07. The second-order valence-corrected chi connectivity index (χ2v) is 3.04. The summed E-state index contributed by atoms with van der Waals surface area (Å²) in [5.74, 6) is 0.105. The lowest BCUT2D eigenvalue weighted by Crippen LogP contribution is -2.26. The number of carbonyl (C=O) groups is 1. The van der Waals surface area contributed by atoms with Crippen LogP contribution in [0.5, 0.6) is 11.5 Å². The van der Waals surface area contributed by atoms with Gasteiger partial charge in [0.2, 0.25) is 0 Å². The van der Waals surface area contributed by atoms with Crippen molar-refractivity contribution in [3.05, 3.63) is 23.8 Å². The van der Waals surface area contributed by atoms with Crippen LogP contribution in [0.25, 0.3) is 0 Å². The van der Waals surface area contributed by atoms with Crippen LogP contribution in [0.3, 0.4) is 0 Å². The van der Waals surface area contributed by atoms with Gasteiger partial charge in [0.15, 0.2) is 17.3 Å². The Bertz CT molecular complexity index is 347. The summed E-state index contributed by atoms with van der Waals surface area (Å²) < 4.78 is 4.87. The fourth-order valence-corrected chi connectivity index (χ4v) is 1.09. The Hall–Kier alpha value is -1.55. The molecule has 0 spiro atoms. The number of ketones is 1. The Morgan fingerprint density at radius 1 is 1.57 bits per heavy atom. The van der Waals surface area contributed by atoms with Crippen molar-refractivity contribution in [2.45, 2.75) is 13.0 Å². The highest BCUT2D eigenvalue weighted by Crippen LogP contribution is 2.26. The second kappa shape index (κ2) is 4.11. The summed E-state index contributed by atoms with van der Waals surface area (Å²) in [6.07, 6.45) is 0. The van der Waals surface area contributed by atoms with Crippen LogP contribution in [0.1, 0.15) is 17.3 Å². The lowest BCUT2D eigenvalue weighted by molar-refractivity contribution is 0.0967. The van der Waals surface area contributed by atoms with Gasteiger partial charge in [-0.15, -0.1) is 0 Å². The molecule has 0 aromatic heterocycles. The van der Waals surface area contributed by atoms with Gasteiger partial charge in [0.05, 0.1) is 13.2 Å². The zero-order chi connectivity index (χ0) is 10.7. The number of Topliss-reactive ketones (excluding diaryl/α,β-unsaturated/α-hetero) is 1. The molecule has 1 atom stereocenters. The Labute approximate surface area is 82.3 Å². The Balaban J connectivity index is 3.06. The molecule has 0 radical (unpaired) electrons. The molecule has 0 fully saturated rings. The Morgan fingerprint density at radius 3 is 2.71 bits per heavy atom.